The van der Waals surface area contributed by atoms with Gasteiger partial charge in [-0.15, -0.1) is 6.58 Å². The second kappa shape index (κ2) is 10.6. The molecular weight excluding hydrogens is 506 g/mol. The zero-order valence-corrected chi connectivity index (χ0v) is 21.3. The van der Waals surface area contributed by atoms with Crippen molar-refractivity contribution in [2.75, 3.05) is 24.6 Å². The van der Waals surface area contributed by atoms with Crippen molar-refractivity contribution in [3.05, 3.63) is 45.8 Å². The quantitative estimate of drug-likeness (QED) is 0.313. The lowest BCUT2D eigenvalue weighted by Crippen LogP contribution is -2.46. The molecule has 11 nitrogen and oxygen atoms in total. The minimum atomic E-state index is -1.09. The highest BCUT2D eigenvalue weighted by molar-refractivity contribution is 7.17. The highest BCUT2D eigenvalue weighted by Gasteiger charge is 2.35. The Morgan fingerprint density at radius 3 is 2.92 bits per heavy atom. The molecule has 4 heterocycles. The van der Waals surface area contributed by atoms with E-state index in [0.29, 0.717) is 42.8 Å². The molecule has 36 heavy (non-hydrogen) atoms. The highest BCUT2D eigenvalue weighted by atomic mass is 35.5. The summed E-state index contributed by atoms with van der Waals surface area (Å²) in [5.74, 6) is -1.06. The number of carboxylic acid groups (broad SMARTS) is 1. The summed E-state index contributed by atoms with van der Waals surface area (Å²) in [6.45, 7) is 6.67. The number of piperidine rings is 1. The molecule has 0 spiro atoms. The lowest BCUT2D eigenvalue weighted by Gasteiger charge is -2.38. The zero-order chi connectivity index (χ0) is 26.0. The van der Waals surface area contributed by atoms with Crippen LogP contribution in [0.25, 0.3) is 11.5 Å². The van der Waals surface area contributed by atoms with E-state index in [9.17, 15) is 20.0 Å². The molecule has 0 saturated carbocycles. The number of hydrogen-bond donors (Lipinski definition) is 2. The molecule has 0 aromatic carbocycles. The van der Waals surface area contributed by atoms with E-state index >= 15 is 0 Å². The summed E-state index contributed by atoms with van der Waals surface area (Å²) in [7, 11) is 1.67. The minimum absolute atomic E-state index is 0.0741. The van der Waals surface area contributed by atoms with Gasteiger partial charge in [0.05, 0.1) is 23.3 Å². The molecule has 2 atom stereocenters. The van der Waals surface area contributed by atoms with Crippen LogP contribution < -0.4 is 4.90 Å². The SMILES string of the molecule is C=CCO[C@H]1CN(c2nc(-c3ncnn3C)c(C(=O)O)s2)CC[C@H]1CC(=O)c1[nH]c(C)c(Cl)c1C#N. The van der Waals surface area contributed by atoms with E-state index < -0.39 is 5.97 Å². The number of nitrogens with zero attached hydrogens (tertiary/aromatic N) is 6. The van der Waals surface area contributed by atoms with Crippen molar-refractivity contribution in [2.45, 2.75) is 25.9 Å². The first kappa shape index (κ1) is 25.6. The van der Waals surface area contributed by atoms with Crippen LogP contribution in [0.2, 0.25) is 5.02 Å². The van der Waals surface area contributed by atoms with E-state index in [1.54, 1.807) is 20.0 Å². The Bertz CT molecular complexity index is 1350. The number of carbonyl (C=O) groups is 2. The number of thiazole rings is 1. The Labute approximate surface area is 216 Å². The van der Waals surface area contributed by atoms with Gasteiger partial charge < -0.3 is 19.7 Å². The van der Waals surface area contributed by atoms with Crippen LogP contribution in [0.3, 0.4) is 0 Å². The molecule has 2 N–H and O–H groups in total. The molecule has 1 fully saturated rings. The number of hydrogen-bond acceptors (Lipinski definition) is 9. The fourth-order valence-electron chi connectivity index (χ4n) is 4.26. The van der Waals surface area contributed by atoms with Gasteiger partial charge in [-0.2, -0.15) is 10.4 Å². The van der Waals surface area contributed by atoms with Crippen molar-refractivity contribution in [1.82, 2.24) is 24.7 Å². The lowest BCUT2D eigenvalue weighted by molar-refractivity contribution is 0.0184. The number of carboxylic acids is 1. The number of aromatic amines is 1. The number of nitriles is 1. The smallest absolute Gasteiger partial charge is 0.348 e. The number of aryl methyl sites for hydroxylation is 2. The number of halogens is 1. The van der Waals surface area contributed by atoms with Gasteiger partial charge in [-0.3, -0.25) is 4.79 Å². The van der Waals surface area contributed by atoms with Crippen LogP contribution in [0.15, 0.2) is 19.0 Å². The van der Waals surface area contributed by atoms with E-state index in [1.165, 1.54) is 11.0 Å². The third kappa shape index (κ3) is 4.90. The van der Waals surface area contributed by atoms with Crippen LogP contribution in [0.5, 0.6) is 0 Å². The predicted octanol–water partition coefficient (Wildman–Crippen LogP) is 3.47. The van der Waals surface area contributed by atoms with Gasteiger partial charge in [0.15, 0.2) is 16.7 Å². The number of anilines is 1. The van der Waals surface area contributed by atoms with Gasteiger partial charge in [-0.05, 0) is 19.3 Å². The maximum Gasteiger partial charge on any atom is 0.348 e. The Morgan fingerprint density at radius 2 is 2.28 bits per heavy atom. The van der Waals surface area contributed by atoms with Crippen LogP contribution in [0.1, 0.15) is 44.3 Å². The number of ether oxygens (including phenoxy) is 1. The minimum Gasteiger partial charge on any atom is -0.477 e. The van der Waals surface area contributed by atoms with Gasteiger partial charge in [0, 0.05) is 32.3 Å². The van der Waals surface area contributed by atoms with Crippen LogP contribution in [0, 0.1) is 24.2 Å². The number of aromatic nitrogens is 5. The molecule has 3 aromatic rings. The van der Waals surface area contributed by atoms with Crippen molar-refractivity contribution in [3.8, 4) is 17.6 Å². The summed E-state index contributed by atoms with van der Waals surface area (Å²) in [6.07, 6.45) is 3.41. The van der Waals surface area contributed by atoms with Gasteiger partial charge in [-0.25, -0.2) is 19.4 Å². The van der Waals surface area contributed by atoms with E-state index in [2.05, 4.69) is 26.6 Å². The molecule has 188 valence electrons. The topological polar surface area (TPSA) is 150 Å². The summed E-state index contributed by atoms with van der Waals surface area (Å²) < 4.78 is 7.49. The molecule has 13 heteroatoms. The first-order chi connectivity index (χ1) is 17.2. The summed E-state index contributed by atoms with van der Waals surface area (Å²) >= 11 is 7.23. The lowest BCUT2D eigenvalue weighted by atomic mass is 9.88. The molecule has 0 radical (unpaired) electrons. The summed E-state index contributed by atoms with van der Waals surface area (Å²) in [6, 6.07) is 2.01. The first-order valence-corrected chi connectivity index (χ1v) is 12.3. The molecule has 0 amide bonds. The van der Waals surface area contributed by atoms with Gasteiger partial charge in [0.1, 0.15) is 28.7 Å². The van der Waals surface area contributed by atoms with Gasteiger partial charge in [-0.1, -0.05) is 29.0 Å². The van der Waals surface area contributed by atoms with Crippen molar-refractivity contribution >= 4 is 39.8 Å². The average molecular weight is 530 g/mol. The third-order valence-electron chi connectivity index (χ3n) is 6.08. The van der Waals surface area contributed by atoms with Crippen molar-refractivity contribution in [1.29, 1.82) is 5.26 Å². The van der Waals surface area contributed by atoms with Gasteiger partial charge in [0.25, 0.3) is 0 Å². The van der Waals surface area contributed by atoms with E-state index in [0.717, 1.165) is 11.3 Å². The summed E-state index contributed by atoms with van der Waals surface area (Å²) in [5, 5.41) is 24.0. The van der Waals surface area contributed by atoms with Crippen molar-refractivity contribution < 1.29 is 19.4 Å². The highest BCUT2D eigenvalue weighted by Crippen LogP contribution is 2.36. The van der Waals surface area contributed by atoms with Gasteiger partial charge in [0.2, 0.25) is 0 Å². The van der Waals surface area contributed by atoms with E-state index in [4.69, 9.17) is 16.3 Å². The Kier molecular flexibility index (Phi) is 7.53. The molecule has 0 aliphatic carbocycles. The van der Waals surface area contributed by atoms with Crippen molar-refractivity contribution in [3.63, 3.8) is 0 Å². The molecule has 3 aromatic heterocycles. The van der Waals surface area contributed by atoms with Gasteiger partial charge >= 0.3 is 5.97 Å². The fourth-order valence-corrected chi connectivity index (χ4v) is 5.38. The predicted molar refractivity (Wildman–Crippen MR) is 134 cm³/mol. The number of carbonyl (C=O) groups excluding carboxylic acids is 1. The van der Waals surface area contributed by atoms with Crippen LogP contribution in [0.4, 0.5) is 5.13 Å². The van der Waals surface area contributed by atoms with Crippen LogP contribution in [-0.2, 0) is 11.8 Å². The first-order valence-electron chi connectivity index (χ1n) is 11.1. The maximum absolute atomic E-state index is 13.1. The Morgan fingerprint density at radius 1 is 1.50 bits per heavy atom. The normalized spacial score (nSPS) is 17.7. The van der Waals surface area contributed by atoms with Crippen LogP contribution >= 0.6 is 22.9 Å². The van der Waals surface area contributed by atoms with Crippen molar-refractivity contribution in [2.24, 2.45) is 13.0 Å². The van der Waals surface area contributed by atoms with E-state index in [-0.39, 0.29) is 51.1 Å². The molecule has 1 aliphatic rings. The molecule has 0 unspecified atom stereocenters. The number of H-pyrrole nitrogens is 1. The molecule has 0 bridgehead atoms. The molecule has 4 rings (SSSR count). The number of aromatic carboxylic acids is 1. The largest absolute Gasteiger partial charge is 0.477 e. The monoisotopic (exact) mass is 529 g/mol. The molecule has 1 aliphatic heterocycles. The average Bonchev–Trinajstić information content (AvgIpc) is 3.55. The van der Waals surface area contributed by atoms with E-state index in [1.807, 2.05) is 11.0 Å². The molecular formula is C23H24ClN7O4S. The fraction of sp³-hybridized carbons (Fsp3) is 0.391. The Balaban J connectivity index is 1.56. The number of Topliss-reactive ketones (excluding diaryl/α,β-unsaturated/α-hetero) is 1. The maximum atomic E-state index is 13.1. The number of nitrogens with one attached hydrogen (secondary N) is 1. The second-order valence-electron chi connectivity index (χ2n) is 8.39. The standard InChI is InChI=1S/C23H24ClN7O4S/c1-4-7-35-16-10-31(23-29-19(20(36-23)22(33)34)21-26-11-27-30(21)3)6-5-13(16)8-15(32)18-14(9-25)17(24)12(2)28-18/h4,11,13,16,28H,1,5-8,10H2,2-3H3,(H,33,34)/t13-,16-/m0/s1. The molecule has 1 saturated heterocycles. The third-order valence-corrected chi connectivity index (χ3v) is 7.65. The zero-order valence-electron chi connectivity index (χ0n) is 19.7. The second-order valence-corrected chi connectivity index (χ2v) is 9.75. The number of rotatable bonds is 9. The van der Waals surface area contributed by atoms with Crippen LogP contribution in [-0.4, -0.2) is 67.4 Å². The summed E-state index contributed by atoms with van der Waals surface area (Å²) in [4.78, 5) is 38.7. The summed E-state index contributed by atoms with van der Waals surface area (Å²) in [5.41, 5.74) is 1.19. The number of ketones is 1. The Hall–Kier alpha value is -3.53.